The first kappa shape index (κ1) is 15.5. The van der Waals surface area contributed by atoms with Crippen LogP contribution in [0.1, 0.15) is 56.9 Å². The number of hydrogen-bond donors (Lipinski definition) is 2. The van der Waals surface area contributed by atoms with Crippen LogP contribution in [0.4, 0.5) is 0 Å². The van der Waals surface area contributed by atoms with Gasteiger partial charge in [-0.25, -0.2) is 0 Å². The molecule has 21 heavy (non-hydrogen) atoms. The molecule has 3 heteroatoms. The van der Waals surface area contributed by atoms with Gasteiger partial charge in [0, 0.05) is 17.1 Å². The topological polar surface area (TPSA) is 32.3 Å². The van der Waals surface area contributed by atoms with Crippen molar-refractivity contribution in [2.45, 2.75) is 63.0 Å². The maximum Gasteiger partial charge on any atom is 0.0774 e. The molecule has 1 aromatic carbocycles. The lowest BCUT2D eigenvalue weighted by atomic mass is 9.74. The molecule has 0 spiro atoms. The van der Waals surface area contributed by atoms with Crippen molar-refractivity contribution in [1.82, 2.24) is 5.32 Å². The molecule has 2 aliphatic rings. The van der Waals surface area contributed by atoms with Crippen LogP contribution in [-0.2, 0) is 0 Å². The third-order valence-corrected chi connectivity index (χ3v) is 5.99. The minimum atomic E-state index is -0.462. The lowest BCUT2D eigenvalue weighted by Gasteiger charge is -2.41. The second-order valence-corrected chi connectivity index (χ2v) is 8.05. The first-order valence-corrected chi connectivity index (χ1v) is 9.05. The number of aliphatic hydroxyl groups is 1. The lowest BCUT2D eigenvalue weighted by Crippen LogP contribution is -2.50. The number of rotatable bonds is 4. The van der Waals surface area contributed by atoms with E-state index in [2.05, 4.69) is 52.4 Å². The summed E-state index contributed by atoms with van der Waals surface area (Å²) in [5.41, 5.74) is 0.969. The molecular weight excluding hydrogens is 326 g/mol. The molecule has 2 N–H and O–H groups in total. The molecule has 116 valence electrons. The minimum absolute atomic E-state index is 0.462. The van der Waals surface area contributed by atoms with Gasteiger partial charge in [-0.2, -0.15) is 0 Å². The lowest BCUT2D eigenvalue weighted by molar-refractivity contribution is -0.0162. The maximum atomic E-state index is 10.7. The fraction of sp³-hybridized carbons (Fsp3) is 0.667. The highest BCUT2D eigenvalue weighted by atomic mass is 79.9. The Bertz CT molecular complexity index is 486. The van der Waals surface area contributed by atoms with Crippen LogP contribution >= 0.6 is 15.9 Å². The molecule has 0 bridgehead atoms. The number of benzene rings is 1. The van der Waals surface area contributed by atoms with Crippen LogP contribution in [0.5, 0.6) is 0 Å². The van der Waals surface area contributed by atoms with Gasteiger partial charge in [0.1, 0.15) is 0 Å². The highest BCUT2D eigenvalue weighted by molar-refractivity contribution is 9.10. The number of halogens is 1. The fourth-order valence-electron chi connectivity index (χ4n) is 3.97. The molecule has 0 aliphatic heterocycles. The second-order valence-electron chi connectivity index (χ2n) is 7.19. The molecular formula is C18H26BrNO. The summed E-state index contributed by atoms with van der Waals surface area (Å²) in [6.45, 7) is 3.03. The van der Waals surface area contributed by atoms with Crippen LogP contribution in [0.25, 0.3) is 0 Å². The maximum absolute atomic E-state index is 10.7. The molecule has 0 aromatic heterocycles. The standard InChI is InChI=1S/C18H26BrNO/c1-13-5-4-8-18(21,11-13)12-20-15-9-14(10-15)16-6-2-3-7-17(16)19/h2-3,6-7,13-15,20-21H,4-5,8-12H2,1H3. The summed E-state index contributed by atoms with van der Waals surface area (Å²) >= 11 is 3.65. The first-order chi connectivity index (χ1) is 10.1. The van der Waals surface area contributed by atoms with Gasteiger partial charge in [-0.1, -0.05) is 53.9 Å². The average Bonchev–Trinajstić information content (AvgIpc) is 2.38. The summed E-state index contributed by atoms with van der Waals surface area (Å²) < 4.78 is 1.23. The van der Waals surface area contributed by atoms with E-state index in [9.17, 15) is 5.11 Å². The molecule has 1 aromatic rings. The summed E-state index contributed by atoms with van der Waals surface area (Å²) in [5, 5.41) is 14.3. The molecule has 2 aliphatic carbocycles. The van der Waals surface area contributed by atoms with E-state index in [0.29, 0.717) is 17.9 Å². The Kier molecular flexibility index (Phi) is 4.72. The molecule has 2 fully saturated rings. The predicted molar refractivity (Wildman–Crippen MR) is 90.5 cm³/mol. The highest BCUT2D eigenvalue weighted by Crippen LogP contribution is 2.40. The van der Waals surface area contributed by atoms with E-state index >= 15 is 0 Å². The average molecular weight is 352 g/mol. The largest absolute Gasteiger partial charge is 0.389 e. The van der Waals surface area contributed by atoms with Crippen molar-refractivity contribution in [3.05, 3.63) is 34.3 Å². The van der Waals surface area contributed by atoms with Crippen molar-refractivity contribution in [3.8, 4) is 0 Å². The van der Waals surface area contributed by atoms with Gasteiger partial charge in [-0.15, -0.1) is 0 Å². The second kappa shape index (κ2) is 6.39. The smallest absolute Gasteiger partial charge is 0.0774 e. The van der Waals surface area contributed by atoms with Crippen LogP contribution in [0.3, 0.4) is 0 Å². The van der Waals surface area contributed by atoms with Gasteiger partial charge < -0.3 is 10.4 Å². The van der Waals surface area contributed by atoms with E-state index in [1.54, 1.807) is 0 Å². The summed E-state index contributed by atoms with van der Waals surface area (Å²) in [6, 6.07) is 9.11. The molecule has 0 amide bonds. The van der Waals surface area contributed by atoms with E-state index < -0.39 is 5.60 Å². The SMILES string of the molecule is CC1CCCC(O)(CNC2CC(c3ccccc3Br)C2)C1. The Balaban J connectivity index is 1.46. The van der Waals surface area contributed by atoms with E-state index in [4.69, 9.17) is 0 Å². The van der Waals surface area contributed by atoms with Gasteiger partial charge in [-0.05, 0) is 49.1 Å². The van der Waals surface area contributed by atoms with Gasteiger partial charge in [-0.3, -0.25) is 0 Å². The molecule has 2 nitrogen and oxygen atoms in total. The zero-order valence-corrected chi connectivity index (χ0v) is 14.4. The van der Waals surface area contributed by atoms with Gasteiger partial charge in [0.15, 0.2) is 0 Å². The third kappa shape index (κ3) is 3.69. The summed E-state index contributed by atoms with van der Waals surface area (Å²) in [5.74, 6) is 1.33. The predicted octanol–water partition coefficient (Wildman–Crippen LogP) is 4.23. The van der Waals surface area contributed by atoms with Crippen molar-refractivity contribution >= 4 is 15.9 Å². The molecule has 2 saturated carbocycles. The van der Waals surface area contributed by atoms with Gasteiger partial charge in [0.25, 0.3) is 0 Å². The first-order valence-electron chi connectivity index (χ1n) is 8.26. The number of hydrogen-bond acceptors (Lipinski definition) is 2. The van der Waals surface area contributed by atoms with Crippen LogP contribution in [0.15, 0.2) is 28.7 Å². The quantitative estimate of drug-likeness (QED) is 0.850. The monoisotopic (exact) mass is 351 g/mol. The zero-order valence-electron chi connectivity index (χ0n) is 12.8. The Morgan fingerprint density at radius 3 is 2.81 bits per heavy atom. The summed E-state index contributed by atoms with van der Waals surface area (Å²) in [7, 11) is 0. The van der Waals surface area contributed by atoms with Gasteiger partial charge >= 0.3 is 0 Å². The van der Waals surface area contributed by atoms with E-state index in [0.717, 1.165) is 19.4 Å². The normalized spacial score (nSPS) is 36.2. The summed E-state index contributed by atoms with van der Waals surface area (Å²) in [4.78, 5) is 0. The van der Waals surface area contributed by atoms with E-state index in [1.807, 2.05) is 0 Å². The van der Waals surface area contributed by atoms with E-state index in [1.165, 1.54) is 35.7 Å². The van der Waals surface area contributed by atoms with Gasteiger partial charge in [0.2, 0.25) is 0 Å². The van der Waals surface area contributed by atoms with Crippen molar-refractivity contribution in [2.75, 3.05) is 6.54 Å². The van der Waals surface area contributed by atoms with Crippen molar-refractivity contribution in [1.29, 1.82) is 0 Å². The molecule has 3 rings (SSSR count). The molecule has 0 radical (unpaired) electrons. The van der Waals surface area contributed by atoms with Crippen LogP contribution in [0, 0.1) is 5.92 Å². The Hall–Kier alpha value is -0.380. The Labute approximate surface area is 136 Å². The molecule has 2 unspecified atom stereocenters. The Morgan fingerprint density at radius 2 is 2.10 bits per heavy atom. The zero-order chi connectivity index (χ0) is 14.9. The fourth-order valence-corrected chi connectivity index (χ4v) is 4.58. The third-order valence-electron chi connectivity index (χ3n) is 5.27. The molecule has 2 atom stereocenters. The van der Waals surface area contributed by atoms with Crippen molar-refractivity contribution in [2.24, 2.45) is 5.92 Å². The minimum Gasteiger partial charge on any atom is -0.389 e. The van der Waals surface area contributed by atoms with Crippen molar-refractivity contribution in [3.63, 3.8) is 0 Å². The Morgan fingerprint density at radius 1 is 1.33 bits per heavy atom. The van der Waals surface area contributed by atoms with Crippen LogP contribution in [0.2, 0.25) is 0 Å². The van der Waals surface area contributed by atoms with Crippen LogP contribution in [-0.4, -0.2) is 23.3 Å². The summed E-state index contributed by atoms with van der Waals surface area (Å²) in [6.07, 6.45) is 6.74. The number of nitrogens with one attached hydrogen (secondary N) is 1. The van der Waals surface area contributed by atoms with Crippen LogP contribution < -0.4 is 5.32 Å². The molecule has 0 heterocycles. The van der Waals surface area contributed by atoms with E-state index in [-0.39, 0.29) is 0 Å². The van der Waals surface area contributed by atoms with Crippen molar-refractivity contribution < 1.29 is 5.11 Å². The highest BCUT2D eigenvalue weighted by Gasteiger charge is 2.36. The molecule has 0 saturated heterocycles. The van der Waals surface area contributed by atoms with Gasteiger partial charge in [0.05, 0.1) is 5.60 Å².